The summed E-state index contributed by atoms with van der Waals surface area (Å²) in [7, 11) is -3.61. The van der Waals surface area contributed by atoms with Gasteiger partial charge in [-0.05, 0) is 44.9 Å². The Morgan fingerprint density at radius 2 is 2.05 bits per heavy atom. The van der Waals surface area contributed by atoms with E-state index in [-0.39, 0.29) is 11.0 Å². The molecule has 0 aliphatic carbocycles. The average Bonchev–Trinajstić information content (AvgIpc) is 2.67. The SMILES string of the molecule is Cc1cc2c(c(S(=O)(=O)NC(C)(C)C)c1)OC(CN)C2. The van der Waals surface area contributed by atoms with Crippen molar-refractivity contribution in [2.75, 3.05) is 6.54 Å². The van der Waals surface area contributed by atoms with Crippen LogP contribution >= 0.6 is 0 Å². The maximum absolute atomic E-state index is 12.5. The molecule has 5 nitrogen and oxygen atoms in total. The Bertz CT molecular complexity index is 618. The highest BCUT2D eigenvalue weighted by Crippen LogP contribution is 2.36. The number of rotatable bonds is 3. The van der Waals surface area contributed by atoms with E-state index >= 15 is 0 Å². The predicted octanol–water partition coefficient (Wildman–Crippen LogP) is 1.33. The topological polar surface area (TPSA) is 81.4 Å². The summed E-state index contributed by atoms with van der Waals surface area (Å²) in [6, 6.07) is 3.60. The Morgan fingerprint density at radius 3 is 2.60 bits per heavy atom. The summed E-state index contributed by atoms with van der Waals surface area (Å²) in [5.74, 6) is 0.447. The standard InChI is InChI=1S/C14H22N2O3S/c1-9-5-10-7-11(8-15)19-13(10)12(6-9)20(17,18)16-14(2,3)4/h5-6,11,16H,7-8,15H2,1-4H3. The molecule has 0 radical (unpaired) electrons. The van der Waals surface area contributed by atoms with E-state index in [0.29, 0.717) is 18.7 Å². The molecule has 20 heavy (non-hydrogen) atoms. The van der Waals surface area contributed by atoms with Gasteiger partial charge in [0.1, 0.15) is 16.7 Å². The molecule has 0 amide bonds. The second-order valence-corrected chi connectivity index (χ2v) is 7.94. The molecular formula is C14H22N2O3S. The van der Waals surface area contributed by atoms with Crippen LogP contribution in [-0.2, 0) is 16.4 Å². The lowest BCUT2D eigenvalue weighted by Gasteiger charge is -2.21. The zero-order valence-electron chi connectivity index (χ0n) is 12.4. The van der Waals surface area contributed by atoms with Gasteiger partial charge in [0.05, 0.1) is 0 Å². The smallest absolute Gasteiger partial charge is 0.244 e. The quantitative estimate of drug-likeness (QED) is 0.882. The van der Waals surface area contributed by atoms with E-state index in [1.165, 1.54) is 0 Å². The molecule has 1 heterocycles. The maximum atomic E-state index is 12.5. The van der Waals surface area contributed by atoms with E-state index in [4.69, 9.17) is 10.5 Å². The number of hydrogen-bond acceptors (Lipinski definition) is 4. The van der Waals surface area contributed by atoms with E-state index in [2.05, 4.69) is 4.72 Å². The van der Waals surface area contributed by atoms with Crippen LogP contribution in [0, 0.1) is 6.92 Å². The van der Waals surface area contributed by atoms with Crippen LogP contribution in [0.15, 0.2) is 17.0 Å². The number of nitrogens with one attached hydrogen (secondary N) is 1. The first-order valence-corrected chi connectivity index (χ1v) is 8.15. The third-order valence-electron chi connectivity index (χ3n) is 3.00. The number of benzene rings is 1. The molecule has 0 spiro atoms. The van der Waals surface area contributed by atoms with Crippen molar-refractivity contribution in [1.29, 1.82) is 0 Å². The Kier molecular flexibility index (Phi) is 3.83. The lowest BCUT2D eigenvalue weighted by Crippen LogP contribution is -2.40. The van der Waals surface area contributed by atoms with E-state index in [1.54, 1.807) is 6.07 Å². The molecular weight excluding hydrogens is 276 g/mol. The van der Waals surface area contributed by atoms with Crippen molar-refractivity contribution in [2.45, 2.75) is 50.7 Å². The minimum absolute atomic E-state index is 0.143. The van der Waals surface area contributed by atoms with Crippen LogP contribution in [0.3, 0.4) is 0 Å². The molecule has 3 N–H and O–H groups in total. The number of ether oxygens (including phenoxy) is 1. The summed E-state index contributed by atoms with van der Waals surface area (Å²) in [6.45, 7) is 7.68. The lowest BCUT2D eigenvalue weighted by atomic mass is 10.1. The number of sulfonamides is 1. The summed E-state index contributed by atoms with van der Waals surface area (Å²) < 4.78 is 33.4. The van der Waals surface area contributed by atoms with Crippen molar-refractivity contribution in [3.63, 3.8) is 0 Å². The minimum atomic E-state index is -3.61. The Balaban J connectivity index is 2.49. The van der Waals surface area contributed by atoms with E-state index < -0.39 is 15.6 Å². The summed E-state index contributed by atoms with van der Waals surface area (Å²) in [6.07, 6.45) is 0.515. The maximum Gasteiger partial charge on any atom is 0.244 e. The van der Waals surface area contributed by atoms with Gasteiger partial charge in [-0.1, -0.05) is 6.07 Å². The fraction of sp³-hybridized carbons (Fsp3) is 0.571. The highest BCUT2D eigenvalue weighted by atomic mass is 32.2. The van der Waals surface area contributed by atoms with Crippen LogP contribution < -0.4 is 15.2 Å². The van der Waals surface area contributed by atoms with Crippen molar-refractivity contribution in [1.82, 2.24) is 4.72 Å². The molecule has 1 atom stereocenters. The van der Waals surface area contributed by atoms with E-state index in [1.807, 2.05) is 33.8 Å². The Morgan fingerprint density at radius 1 is 1.40 bits per heavy atom. The highest BCUT2D eigenvalue weighted by Gasteiger charge is 2.32. The molecule has 6 heteroatoms. The first-order chi connectivity index (χ1) is 9.12. The molecule has 112 valence electrons. The van der Waals surface area contributed by atoms with E-state index in [0.717, 1.165) is 11.1 Å². The van der Waals surface area contributed by atoms with Crippen molar-refractivity contribution in [2.24, 2.45) is 5.73 Å². The molecule has 1 aliphatic heterocycles. The molecule has 0 saturated carbocycles. The van der Waals surface area contributed by atoms with Gasteiger partial charge in [-0.15, -0.1) is 0 Å². The van der Waals surface area contributed by atoms with Crippen LogP contribution in [-0.4, -0.2) is 26.6 Å². The van der Waals surface area contributed by atoms with Gasteiger partial charge in [0, 0.05) is 18.5 Å². The summed E-state index contributed by atoms with van der Waals surface area (Å²) >= 11 is 0. The van der Waals surface area contributed by atoms with Gasteiger partial charge < -0.3 is 10.5 Å². The third-order valence-corrected chi connectivity index (χ3v) is 4.76. The van der Waals surface area contributed by atoms with Gasteiger partial charge in [-0.3, -0.25) is 0 Å². The van der Waals surface area contributed by atoms with Gasteiger partial charge in [0.15, 0.2) is 0 Å². The van der Waals surface area contributed by atoms with Gasteiger partial charge in [-0.25, -0.2) is 13.1 Å². The number of nitrogens with two attached hydrogens (primary N) is 1. The molecule has 1 aromatic rings. The lowest BCUT2D eigenvalue weighted by molar-refractivity contribution is 0.236. The first kappa shape index (κ1) is 15.3. The predicted molar refractivity (Wildman–Crippen MR) is 78.4 cm³/mol. The number of hydrogen-bond donors (Lipinski definition) is 2. The zero-order valence-corrected chi connectivity index (χ0v) is 13.2. The van der Waals surface area contributed by atoms with E-state index in [9.17, 15) is 8.42 Å². The molecule has 0 fully saturated rings. The number of fused-ring (bicyclic) bond motifs is 1. The van der Waals surface area contributed by atoms with Crippen molar-refractivity contribution < 1.29 is 13.2 Å². The largest absolute Gasteiger partial charge is 0.487 e. The van der Waals surface area contributed by atoms with Crippen molar-refractivity contribution in [3.8, 4) is 5.75 Å². The monoisotopic (exact) mass is 298 g/mol. The molecule has 0 saturated heterocycles. The van der Waals surface area contributed by atoms with Crippen molar-refractivity contribution in [3.05, 3.63) is 23.3 Å². The highest BCUT2D eigenvalue weighted by molar-refractivity contribution is 7.89. The van der Waals surface area contributed by atoms with Crippen molar-refractivity contribution >= 4 is 10.0 Å². The summed E-state index contributed by atoms with van der Waals surface area (Å²) in [5.41, 5.74) is 6.90. The van der Waals surface area contributed by atoms with Gasteiger partial charge in [0.2, 0.25) is 10.0 Å². The fourth-order valence-corrected chi connectivity index (χ4v) is 4.02. The molecule has 1 aliphatic rings. The first-order valence-electron chi connectivity index (χ1n) is 6.66. The molecule has 2 rings (SSSR count). The summed E-state index contributed by atoms with van der Waals surface area (Å²) in [5, 5.41) is 0. The second-order valence-electron chi connectivity index (χ2n) is 6.29. The normalized spacial score (nSPS) is 18.8. The van der Waals surface area contributed by atoms with Crippen LogP contribution in [0.25, 0.3) is 0 Å². The number of aryl methyl sites for hydroxylation is 1. The van der Waals surface area contributed by atoms with Crippen LogP contribution in [0.1, 0.15) is 31.9 Å². The molecule has 0 bridgehead atoms. The average molecular weight is 298 g/mol. The van der Waals surface area contributed by atoms with Crippen LogP contribution in [0.2, 0.25) is 0 Å². The van der Waals surface area contributed by atoms with Gasteiger partial charge >= 0.3 is 0 Å². The fourth-order valence-electron chi connectivity index (χ4n) is 2.34. The Labute approximate surface area is 120 Å². The van der Waals surface area contributed by atoms with Gasteiger partial charge in [-0.2, -0.15) is 0 Å². The van der Waals surface area contributed by atoms with Crippen LogP contribution in [0.5, 0.6) is 5.75 Å². The zero-order chi connectivity index (χ0) is 15.1. The third kappa shape index (κ3) is 3.13. The molecule has 0 aromatic heterocycles. The Hall–Kier alpha value is -1.11. The molecule has 1 unspecified atom stereocenters. The summed E-state index contributed by atoms with van der Waals surface area (Å²) in [4.78, 5) is 0.207. The molecule has 1 aromatic carbocycles. The van der Waals surface area contributed by atoms with Crippen LogP contribution in [0.4, 0.5) is 0 Å². The van der Waals surface area contributed by atoms with Gasteiger partial charge in [0.25, 0.3) is 0 Å². The second kappa shape index (κ2) is 5.02. The minimum Gasteiger partial charge on any atom is -0.487 e.